The summed E-state index contributed by atoms with van der Waals surface area (Å²) in [7, 11) is 0. The van der Waals surface area contributed by atoms with Gasteiger partial charge in [-0.3, -0.25) is 0 Å². The summed E-state index contributed by atoms with van der Waals surface area (Å²) in [4.78, 5) is 12.1. The number of hydrogen-bond donors (Lipinski definition) is 1. The third kappa shape index (κ3) is 3.23. The summed E-state index contributed by atoms with van der Waals surface area (Å²) in [6.45, 7) is 3.98. The molecule has 1 aliphatic rings. The van der Waals surface area contributed by atoms with Crippen LogP contribution in [0.1, 0.15) is 18.4 Å². The molecule has 0 spiro atoms. The van der Waals surface area contributed by atoms with Crippen LogP contribution in [-0.2, 0) is 4.79 Å². The molecule has 106 valence electrons. The van der Waals surface area contributed by atoms with E-state index in [1.165, 1.54) is 0 Å². The zero-order valence-electron chi connectivity index (χ0n) is 10.9. The molecule has 1 aliphatic carbocycles. The van der Waals surface area contributed by atoms with Crippen LogP contribution in [0.2, 0.25) is 0 Å². The van der Waals surface area contributed by atoms with Gasteiger partial charge in [0.25, 0.3) is 0 Å². The van der Waals surface area contributed by atoms with E-state index in [1.54, 1.807) is 11.0 Å². The van der Waals surface area contributed by atoms with Crippen LogP contribution in [0, 0.1) is 11.6 Å². The van der Waals surface area contributed by atoms with Crippen molar-refractivity contribution in [3.05, 3.63) is 48.1 Å². The van der Waals surface area contributed by atoms with Crippen LogP contribution < -0.4 is 4.90 Å². The molecule has 1 aromatic carbocycles. The smallest absolute Gasteiger partial charge is 0.328 e. The van der Waals surface area contributed by atoms with Crippen LogP contribution in [0.25, 0.3) is 6.08 Å². The normalized spacial score (nSPS) is 14.5. The molecule has 5 heteroatoms. The van der Waals surface area contributed by atoms with Crippen molar-refractivity contribution in [1.82, 2.24) is 0 Å². The molecule has 0 unspecified atom stereocenters. The highest BCUT2D eigenvalue weighted by atomic mass is 19.1. The van der Waals surface area contributed by atoms with E-state index in [1.807, 2.05) is 0 Å². The SMILES string of the molecule is C=CCN(c1c(F)cc(/C=C/C(=O)O)cc1F)C1CC1. The fourth-order valence-electron chi connectivity index (χ4n) is 2.07. The van der Waals surface area contributed by atoms with Gasteiger partial charge in [-0.15, -0.1) is 6.58 Å². The fraction of sp³-hybridized carbons (Fsp3) is 0.267. The second-order valence-electron chi connectivity index (χ2n) is 4.68. The van der Waals surface area contributed by atoms with E-state index in [2.05, 4.69) is 6.58 Å². The third-order valence-electron chi connectivity index (χ3n) is 3.06. The van der Waals surface area contributed by atoms with Gasteiger partial charge in [0.2, 0.25) is 0 Å². The lowest BCUT2D eigenvalue weighted by Crippen LogP contribution is -2.27. The van der Waals surface area contributed by atoms with Gasteiger partial charge in [-0.1, -0.05) is 6.08 Å². The predicted octanol–water partition coefficient (Wildman–Crippen LogP) is 3.22. The average molecular weight is 279 g/mol. The summed E-state index contributed by atoms with van der Waals surface area (Å²) in [5.41, 5.74) is 0.111. The second kappa shape index (κ2) is 5.86. The Hall–Kier alpha value is -2.17. The van der Waals surface area contributed by atoms with Crippen LogP contribution >= 0.6 is 0 Å². The molecule has 1 aromatic rings. The standard InChI is InChI=1S/C15H15F2NO2/c1-2-7-18(11-4-5-11)15-12(16)8-10(9-13(15)17)3-6-14(19)20/h2-3,6,8-9,11H,1,4-5,7H2,(H,19,20)/b6-3+. The summed E-state index contributed by atoms with van der Waals surface area (Å²) in [6.07, 6.45) is 5.43. The van der Waals surface area contributed by atoms with Gasteiger partial charge in [0, 0.05) is 18.7 Å². The minimum atomic E-state index is -1.17. The minimum absolute atomic E-state index is 0.0696. The van der Waals surface area contributed by atoms with Gasteiger partial charge in [-0.25, -0.2) is 13.6 Å². The Morgan fingerprint density at radius 1 is 1.40 bits per heavy atom. The monoisotopic (exact) mass is 279 g/mol. The summed E-state index contributed by atoms with van der Waals surface area (Å²) < 4.78 is 28.2. The molecule has 20 heavy (non-hydrogen) atoms. The van der Waals surface area contributed by atoms with Gasteiger partial charge in [0.1, 0.15) is 17.3 Å². The summed E-state index contributed by atoms with van der Waals surface area (Å²) in [5.74, 6) is -2.55. The van der Waals surface area contributed by atoms with Crippen molar-refractivity contribution in [2.45, 2.75) is 18.9 Å². The quantitative estimate of drug-likeness (QED) is 0.642. The number of carbonyl (C=O) groups is 1. The molecule has 2 rings (SSSR count). The van der Waals surface area contributed by atoms with E-state index in [0.29, 0.717) is 6.54 Å². The molecule has 1 N–H and O–H groups in total. The molecule has 0 aromatic heterocycles. The number of nitrogens with zero attached hydrogens (tertiary/aromatic N) is 1. The maximum absolute atomic E-state index is 14.1. The number of rotatable bonds is 6. The van der Waals surface area contributed by atoms with Gasteiger partial charge in [-0.2, -0.15) is 0 Å². The molecule has 3 nitrogen and oxygen atoms in total. The number of carboxylic acid groups (broad SMARTS) is 1. The summed E-state index contributed by atoms with van der Waals surface area (Å²) in [5, 5.41) is 8.51. The fourth-order valence-corrected chi connectivity index (χ4v) is 2.07. The Labute approximate surface area is 115 Å². The van der Waals surface area contributed by atoms with E-state index >= 15 is 0 Å². The molecule has 0 amide bonds. The highest BCUT2D eigenvalue weighted by Crippen LogP contribution is 2.35. The molecule has 0 bridgehead atoms. The molecule has 0 atom stereocenters. The number of aliphatic carboxylic acids is 1. The second-order valence-corrected chi connectivity index (χ2v) is 4.68. The van der Waals surface area contributed by atoms with Crippen molar-refractivity contribution in [2.24, 2.45) is 0 Å². The van der Waals surface area contributed by atoms with Gasteiger partial charge < -0.3 is 10.0 Å². The van der Waals surface area contributed by atoms with E-state index in [-0.39, 0.29) is 17.3 Å². The summed E-state index contributed by atoms with van der Waals surface area (Å²) >= 11 is 0. The molecular formula is C15H15F2NO2. The zero-order chi connectivity index (χ0) is 14.7. The molecular weight excluding hydrogens is 264 g/mol. The van der Waals surface area contributed by atoms with Crippen molar-refractivity contribution in [2.75, 3.05) is 11.4 Å². The van der Waals surface area contributed by atoms with Crippen molar-refractivity contribution >= 4 is 17.7 Å². The number of carboxylic acids is 1. The first-order chi connectivity index (χ1) is 9.52. The molecule has 0 saturated heterocycles. The first-order valence-corrected chi connectivity index (χ1v) is 6.30. The van der Waals surface area contributed by atoms with Gasteiger partial charge in [0.05, 0.1) is 0 Å². The number of benzene rings is 1. The Morgan fingerprint density at radius 3 is 2.45 bits per heavy atom. The first-order valence-electron chi connectivity index (χ1n) is 6.30. The Balaban J connectivity index is 2.34. The van der Waals surface area contributed by atoms with Gasteiger partial charge >= 0.3 is 5.97 Å². The van der Waals surface area contributed by atoms with Gasteiger partial charge in [-0.05, 0) is 36.6 Å². The van der Waals surface area contributed by atoms with Crippen LogP contribution in [0.15, 0.2) is 30.9 Å². The van der Waals surface area contributed by atoms with E-state index in [0.717, 1.165) is 37.1 Å². The first kappa shape index (κ1) is 14.2. The average Bonchev–Trinajstić information content (AvgIpc) is 3.18. The molecule has 1 fully saturated rings. The number of halogens is 2. The Bertz CT molecular complexity index is 542. The topological polar surface area (TPSA) is 40.5 Å². The van der Waals surface area contributed by atoms with Gasteiger partial charge in [0.15, 0.2) is 0 Å². The Morgan fingerprint density at radius 2 is 2.00 bits per heavy atom. The highest BCUT2D eigenvalue weighted by molar-refractivity contribution is 5.85. The van der Waals surface area contributed by atoms with Crippen LogP contribution in [0.4, 0.5) is 14.5 Å². The van der Waals surface area contributed by atoms with Crippen molar-refractivity contribution < 1.29 is 18.7 Å². The van der Waals surface area contributed by atoms with Crippen LogP contribution in [-0.4, -0.2) is 23.7 Å². The predicted molar refractivity (Wildman–Crippen MR) is 73.6 cm³/mol. The molecule has 0 radical (unpaired) electrons. The van der Waals surface area contributed by atoms with Crippen LogP contribution in [0.3, 0.4) is 0 Å². The van der Waals surface area contributed by atoms with Crippen molar-refractivity contribution in [3.63, 3.8) is 0 Å². The minimum Gasteiger partial charge on any atom is -0.478 e. The molecule has 0 heterocycles. The Kier molecular flexibility index (Phi) is 4.17. The molecule has 0 aliphatic heterocycles. The summed E-state index contributed by atoms with van der Waals surface area (Å²) in [6, 6.07) is 2.42. The van der Waals surface area contributed by atoms with Crippen molar-refractivity contribution in [3.8, 4) is 0 Å². The van der Waals surface area contributed by atoms with E-state index in [4.69, 9.17) is 5.11 Å². The van der Waals surface area contributed by atoms with Crippen molar-refractivity contribution in [1.29, 1.82) is 0 Å². The number of hydrogen-bond acceptors (Lipinski definition) is 2. The lowest BCUT2D eigenvalue weighted by atomic mass is 10.1. The third-order valence-corrected chi connectivity index (χ3v) is 3.06. The largest absolute Gasteiger partial charge is 0.478 e. The van der Waals surface area contributed by atoms with E-state index in [9.17, 15) is 13.6 Å². The maximum Gasteiger partial charge on any atom is 0.328 e. The number of anilines is 1. The zero-order valence-corrected chi connectivity index (χ0v) is 10.9. The lowest BCUT2D eigenvalue weighted by molar-refractivity contribution is -0.131. The highest BCUT2D eigenvalue weighted by Gasteiger charge is 2.31. The maximum atomic E-state index is 14.1. The van der Waals surface area contributed by atoms with Crippen LogP contribution in [0.5, 0.6) is 0 Å². The van der Waals surface area contributed by atoms with E-state index < -0.39 is 17.6 Å². The lowest BCUT2D eigenvalue weighted by Gasteiger charge is -2.24. The molecule has 1 saturated carbocycles.